The monoisotopic (exact) mass is 559 g/mol. The van der Waals surface area contributed by atoms with E-state index in [2.05, 4.69) is 176 Å². The molecule has 1 heterocycles. The number of nitrogens with zero attached hydrogens (tertiary/aromatic N) is 1. The summed E-state index contributed by atoms with van der Waals surface area (Å²) in [5.74, 6) is 0.673. The molecule has 7 rings (SSSR count). The fourth-order valence-corrected chi connectivity index (χ4v) is 8.36. The molecular weight excluding hydrogens is 529 g/mol. The zero-order valence-electron chi connectivity index (χ0n) is 23.1. The average molecular weight is 560 g/mol. The quantitative estimate of drug-likeness (QED) is 0.182. The molecule has 0 aliphatic carbocycles. The van der Waals surface area contributed by atoms with Crippen LogP contribution >= 0.6 is 7.92 Å². The van der Waals surface area contributed by atoms with Gasteiger partial charge in [-0.15, -0.1) is 0 Å². The van der Waals surface area contributed by atoms with E-state index in [1.165, 1.54) is 15.9 Å². The molecule has 1 aliphatic rings. The van der Waals surface area contributed by atoms with Crippen molar-refractivity contribution in [3.63, 3.8) is 0 Å². The Hall–Kier alpha value is -4.78. The number of ether oxygens (including phenoxy) is 1. The molecule has 0 N–H and O–H groups in total. The molecular formula is C39H30NOP. The van der Waals surface area contributed by atoms with Crippen molar-refractivity contribution < 1.29 is 4.74 Å². The molecule has 6 aromatic carbocycles. The van der Waals surface area contributed by atoms with E-state index in [9.17, 15) is 0 Å². The lowest BCUT2D eigenvalue weighted by molar-refractivity contribution is 0.0981. The lowest BCUT2D eigenvalue weighted by Crippen LogP contribution is -2.35. The summed E-state index contributed by atoms with van der Waals surface area (Å²) in [6, 6.07) is 61.6. The standard InChI is InChI=1S/C39H30NOP/c1-6-18-30(19-7-1)37-39(31-20-8-2-9-21-31,32-22-10-3-11-23-32)41-38(40-37)35-28-16-17-29-36(35)42(33-24-12-4-13-25-33)34-26-14-5-15-27-34/h1-29,37H. The summed E-state index contributed by atoms with van der Waals surface area (Å²) in [7, 11) is -0.852. The van der Waals surface area contributed by atoms with Crippen LogP contribution in [0.25, 0.3) is 0 Å². The highest BCUT2D eigenvalue weighted by molar-refractivity contribution is 7.80. The summed E-state index contributed by atoms with van der Waals surface area (Å²) in [5, 5.41) is 3.82. The maximum Gasteiger partial charge on any atom is 0.218 e. The first-order chi connectivity index (χ1) is 20.8. The molecule has 6 aromatic rings. The Labute approximate surface area is 248 Å². The molecule has 3 heteroatoms. The highest BCUT2D eigenvalue weighted by Crippen LogP contribution is 2.51. The third-order valence-electron chi connectivity index (χ3n) is 7.81. The largest absolute Gasteiger partial charge is 0.458 e. The molecule has 42 heavy (non-hydrogen) atoms. The zero-order valence-corrected chi connectivity index (χ0v) is 24.0. The highest BCUT2D eigenvalue weighted by Gasteiger charge is 2.51. The Morgan fingerprint density at radius 1 is 0.476 bits per heavy atom. The smallest absolute Gasteiger partial charge is 0.218 e. The summed E-state index contributed by atoms with van der Waals surface area (Å²) in [6.45, 7) is 0. The minimum absolute atomic E-state index is 0.272. The highest BCUT2D eigenvalue weighted by atomic mass is 31.1. The molecule has 0 bridgehead atoms. The lowest BCUT2D eigenvalue weighted by Gasteiger charge is -2.35. The third-order valence-corrected chi connectivity index (χ3v) is 10.3. The number of benzene rings is 6. The first kappa shape index (κ1) is 26.1. The Bertz CT molecular complexity index is 1710. The van der Waals surface area contributed by atoms with Crippen molar-refractivity contribution >= 4 is 29.7 Å². The summed E-state index contributed by atoms with van der Waals surface area (Å²) in [4.78, 5) is 5.47. The van der Waals surface area contributed by atoms with Crippen molar-refractivity contribution in [2.24, 2.45) is 4.99 Å². The molecule has 0 spiro atoms. The van der Waals surface area contributed by atoms with Gasteiger partial charge in [0.2, 0.25) is 5.90 Å². The molecule has 0 amide bonds. The van der Waals surface area contributed by atoms with Gasteiger partial charge in [0.15, 0.2) is 5.60 Å². The summed E-state index contributed by atoms with van der Waals surface area (Å²) in [6.07, 6.45) is 0. The second-order valence-corrected chi connectivity index (χ2v) is 12.5. The first-order valence-electron chi connectivity index (χ1n) is 14.3. The van der Waals surface area contributed by atoms with Crippen molar-refractivity contribution in [2.45, 2.75) is 11.6 Å². The van der Waals surface area contributed by atoms with Crippen LogP contribution in [0.15, 0.2) is 181 Å². The summed E-state index contributed by atoms with van der Waals surface area (Å²) < 4.78 is 7.30. The van der Waals surface area contributed by atoms with Crippen LogP contribution in [0.2, 0.25) is 0 Å². The van der Waals surface area contributed by atoms with E-state index in [-0.39, 0.29) is 6.04 Å². The first-order valence-corrected chi connectivity index (χ1v) is 15.6. The van der Waals surface area contributed by atoms with Crippen molar-refractivity contribution in [1.29, 1.82) is 0 Å². The van der Waals surface area contributed by atoms with Crippen LogP contribution in [0.1, 0.15) is 28.3 Å². The number of rotatable bonds is 7. The summed E-state index contributed by atoms with van der Waals surface area (Å²) >= 11 is 0. The maximum absolute atomic E-state index is 7.30. The molecule has 0 saturated carbocycles. The van der Waals surface area contributed by atoms with Crippen LogP contribution in [0.5, 0.6) is 0 Å². The van der Waals surface area contributed by atoms with Crippen molar-refractivity contribution in [2.75, 3.05) is 0 Å². The predicted molar refractivity (Wildman–Crippen MR) is 176 cm³/mol. The number of aliphatic imine (C=N–C) groups is 1. The fourth-order valence-electron chi connectivity index (χ4n) is 5.91. The van der Waals surface area contributed by atoms with Crippen LogP contribution in [0.4, 0.5) is 0 Å². The van der Waals surface area contributed by atoms with E-state index < -0.39 is 13.5 Å². The van der Waals surface area contributed by atoms with Crippen LogP contribution in [-0.4, -0.2) is 5.90 Å². The van der Waals surface area contributed by atoms with E-state index >= 15 is 0 Å². The molecule has 0 fully saturated rings. The topological polar surface area (TPSA) is 21.6 Å². The molecule has 1 aliphatic heterocycles. The van der Waals surface area contributed by atoms with Crippen LogP contribution in [-0.2, 0) is 10.3 Å². The Morgan fingerprint density at radius 2 is 0.905 bits per heavy atom. The van der Waals surface area contributed by atoms with E-state index in [0.29, 0.717) is 5.90 Å². The molecule has 0 saturated heterocycles. The molecule has 202 valence electrons. The minimum Gasteiger partial charge on any atom is -0.458 e. The molecule has 1 unspecified atom stereocenters. The summed E-state index contributed by atoms with van der Waals surface area (Å²) in [5.41, 5.74) is 3.48. The number of hydrogen-bond acceptors (Lipinski definition) is 2. The van der Waals surface area contributed by atoms with E-state index in [0.717, 1.165) is 22.3 Å². The Morgan fingerprint density at radius 3 is 1.43 bits per heavy atom. The molecule has 2 nitrogen and oxygen atoms in total. The van der Waals surface area contributed by atoms with Gasteiger partial charge < -0.3 is 4.74 Å². The van der Waals surface area contributed by atoms with Gasteiger partial charge in [0.1, 0.15) is 6.04 Å². The third kappa shape index (κ3) is 4.75. The second kappa shape index (κ2) is 11.6. The molecule has 1 atom stereocenters. The van der Waals surface area contributed by atoms with Gasteiger partial charge in [-0.2, -0.15) is 0 Å². The Kier molecular flexibility index (Phi) is 7.22. The van der Waals surface area contributed by atoms with Gasteiger partial charge in [-0.1, -0.05) is 170 Å². The van der Waals surface area contributed by atoms with Gasteiger partial charge in [-0.25, -0.2) is 4.99 Å². The fraction of sp³-hybridized carbons (Fsp3) is 0.0513. The number of hydrogen-bond donors (Lipinski definition) is 0. The zero-order chi connectivity index (χ0) is 28.2. The van der Waals surface area contributed by atoms with Crippen LogP contribution in [0, 0.1) is 0 Å². The van der Waals surface area contributed by atoms with E-state index in [4.69, 9.17) is 9.73 Å². The second-order valence-electron chi connectivity index (χ2n) is 10.3. The van der Waals surface area contributed by atoms with Crippen molar-refractivity contribution in [3.8, 4) is 0 Å². The van der Waals surface area contributed by atoms with Gasteiger partial charge in [-0.3, -0.25) is 0 Å². The normalized spacial score (nSPS) is 15.6. The SMILES string of the molecule is c1ccc(C2N=C(c3ccccc3P(c3ccccc3)c3ccccc3)OC2(c2ccccc2)c2ccccc2)cc1. The van der Waals surface area contributed by atoms with Crippen LogP contribution in [0.3, 0.4) is 0 Å². The maximum atomic E-state index is 7.30. The van der Waals surface area contributed by atoms with Gasteiger partial charge in [0.05, 0.1) is 0 Å². The predicted octanol–water partition coefficient (Wildman–Crippen LogP) is 7.91. The van der Waals surface area contributed by atoms with Crippen molar-refractivity contribution in [3.05, 3.63) is 198 Å². The van der Waals surface area contributed by atoms with Gasteiger partial charge in [0.25, 0.3) is 0 Å². The van der Waals surface area contributed by atoms with E-state index in [1.807, 2.05) is 0 Å². The van der Waals surface area contributed by atoms with Gasteiger partial charge >= 0.3 is 0 Å². The lowest BCUT2D eigenvalue weighted by atomic mass is 9.78. The Balaban J connectivity index is 1.45. The van der Waals surface area contributed by atoms with Crippen LogP contribution < -0.4 is 15.9 Å². The van der Waals surface area contributed by atoms with E-state index in [1.54, 1.807) is 0 Å². The van der Waals surface area contributed by atoms with Gasteiger partial charge in [0, 0.05) is 16.7 Å². The average Bonchev–Trinajstić information content (AvgIpc) is 3.49. The molecule has 0 aromatic heterocycles. The van der Waals surface area contributed by atoms with Gasteiger partial charge in [-0.05, 0) is 35.5 Å². The van der Waals surface area contributed by atoms with Crippen molar-refractivity contribution in [1.82, 2.24) is 0 Å². The minimum atomic E-state index is -0.852. The molecule has 0 radical (unpaired) electrons.